The van der Waals surface area contributed by atoms with Gasteiger partial charge in [-0.3, -0.25) is 4.79 Å². The summed E-state index contributed by atoms with van der Waals surface area (Å²) in [6.07, 6.45) is 0.805. The molecule has 0 spiro atoms. The second kappa shape index (κ2) is 5.54. The van der Waals surface area contributed by atoms with Crippen molar-refractivity contribution >= 4 is 5.91 Å². The summed E-state index contributed by atoms with van der Waals surface area (Å²) in [6, 6.07) is 4.02. The summed E-state index contributed by atoms with van der Waals surface area (Å²) < 4.78 is 16.2. The van der Waals surface area contributed by atoms with Crippen LogP contribution in [0.1, 0.15) is 52.7 Å². The Hall–Kier alpha value is -2.50. The lowest BCUT2D eigenvalue weighted by molar-refractivity contribution is 0.0731. The van der Waals surface area contributed by atoms with Crippen molar-refractivity contribution in [3.8, 4) is 11.5 Å². The lowest BCUT2D eigenvalue weighted by Gasteiger charge is -2.29. The Bertz CT molecular complexity index is 810. The van der Waals surface area contributed by atoms with Crippen molar-refractivity contribution in [3.63, 3.8) is 0 Å². The van der Waals surface area contributed by atoms with E-state index in [0.29, 0.717) is 30.1 Å². The highest BCUT2D eigenvalue weighted by Crippen LogP contribution is 2.37. The van der Waals surface area contributed by atoms with E-state index >= 15 is 0 Å². The Morgan fingerprint density at radius 3 is 2.62 bits per heavy atom. The minimum atomic E-state index is -0.0132. The number of carbonyl (C=O) groups excluding carboxylic acids is 1. The maximum atomic E-state index is 13.0. The van der Waals surface area contributed by atoms with Gasteiger partial charge in [-0.05, 0) is 36.6 Å². The third kappa shape index (κ3) is 2.33. The summed E-state index contributed by atoms with van der Waals surface area (Å²) in [5.41, 5.74) is 3.59. The molecule has 0 fully saturated rings. The van der Waals surface area contributed by atoms with Crippen molar-refractivity contribution in [2.75, 3.05) is 13.3 Å². The molecule has 2 aliphatic heterocycles. The van der Waals surface area contributed by atoms with Crippen LogP contribution in [0.4, 0.5) is 0 Å². The number of carbonyl (C=O) groups is 1. The van der Waals surface area contributed by atoms with Gasteiger partial charge in [0.25, 0.3) is 5.91 Å². The van der Waals surface area contributed by atoms with Crippen LogP contribution < -0.4 is 9.47 Å². The first-order valence-electron chi connectivity index (χ1n) is 8.21. The molecule has 0 radical (unpaired) electrons. The molecule has 0 unspecified atom stereocenters. The van der Waals surface area contributed by atoms with E-state index in [1.54, 1.807) is 0 Å². The Labute approximate surface area is 140 Å². The average molecular weight is 328 g/mol. The Kier molecular flexibility index (Phi) is 3.48. The van der Waals surface area contributed by atoms with E-state index in [4.69, 9.17) is 14.0 Å². The van der Waals surface area contributed by atoms with Gasteiger partial charge in [-0.1, -0.05) is 19.0 Å². The number of rotatable bonds is 2. The first kappa shape index (κ1) is 15.1. The van der Waals surface area contributed by atoms with Gasteiger partial charge in [0.2, 0.25) is 6.79 Å². The van der Waals surface area contributed by atoms with Crippen molar-refractivity contribution in [1.82, 2.24) is 10.1 Å². The standard InChI is InChI=1S/C18H20N2O4/c1-10(2)17-16(11(3)19-24-17)18(21)20-5-4-12-6-14-15(23-9-22-14)7-13(12)8-20/h6-7,10H,4-5,8-9H2,1-3H3. The zero-order valence-electron chi connectivity index (χ0n) is 14.1. The predicted octanol–water partition coefficient (Wildman–Crippen LogP) is 3.03. The molecule has 0 saturated carbocycles. The van der Waals surface area contributed by atoms with Gasteiger partial charge in [0, 0.05) is 19.0 Å². The molecule has 0 aliphatic carbocycles. The van der Waals surface area contributed by atoms with E-state index in [-0.39, 0.29) is 18.6 Å². The van der Waals surface area contributed by atoms with Crippen molar-refractivity contribution in [3.05, 3.63) is 40.3 Å². The van der Waals surface area contributed by atoms with Gasteiger partial charge in [-0.25, -0.2) is 0 Å². The van der Waals surface area contributed by atoms with Crippen molar-refractivity contribution in [2.45, 2.75) is 39.7 Å². The highest BCUT2D eigenvalue weighted by molar-refractivity contribution is 5.96. The van der Waals surface area contributed by atoms with Crippen LogP contribution in [0.3, 0.4) is 0 Å². The first-order valence-corrected chi connectivity index (χ1v) is 8.21. The Morgan fingerprint density at radius 1 is 1.21 bits per heavy atom. The van der Waals surface area contributed by atoms with Gasteiger partial charge in [0.05, 0.1) is 5.69 Å². The number of benzene rings is 1. The SMILES string of the molecule is Cc1noc(C(C)C)c1C(=O)N1CCc2cc3c(cc2C1)OCO3. The highest BCUT2D eigenvalue weighted by Gasteiger charge is 2.30. The zero-order valence-corrected chi connectivity index (χ0v) is 14.1. The summed E-state index contributed by atoms with van der Waals surface area (Å²) in [5, 5.41) is 3.99. The quantitative estimate of drug-likeness (QED) is 0.848. The van der Waals surface area contributed by atoms with E-state index < -0.39 is 0 Å². The van der Waals surface area contributed by atoms with E-state index in [1.807, 2.05) is 37.8 Å². The lowest BCUT2D eigenvalue weighted by Crippen LogP contribution is -2.36. The van der Waals surface area contributed by atoms with Crippen LogP contribution in [-0.2, 0) is 13.0 Å². The molecule has 24 heavy (non-hydrogen) atoms. The molecule has 2 aromatic rings. The van der Waals surface area contributed by atoms with Gasteiger partial charge in [0.1, 0.15) is 5.56 Å². The summed E-state index contributed by atoms with van der Waals surface area (Å²) in [6.45, 7) is 7.32. The fourth-order valence-corrected chi connectivity index (χ4v) is 3.32. The van der Waals surface area contributed by atoms with Gasteiger partial charge in [-0.2, -0.15) is 0 Å². The molecule has 6 heteroatoms. The first-order chi connectivity index (χ1) is 11.5. The number of nitrogens with zero attached hydrogens (tertiary/aromatic N) is 2. The maximum absolute atomic E-state index is 13.0. The van der Waals surface area contributed by atoms with Gasteiger partial charge in [-0.15, -0.1) is 0 Å². The van der Waals surface area contributed by atoms with Crippen molar-refractivity contribution < 1.29 is 18.8 Å². The molecular formula is C18H20N2O4. The van der Waals surface area contributed by atoms with E-state index in [9.17, 15) is 4.79 Å². The minimum Gasteiger partial charge on any atom is -0.454 e. The summed E-state index contributed by atoms with van der Waals surface area (Å²) in [4.78, 5) is 14.9. The number of hydrogen-bond donors (Lipinski definition) is 0. The Morgan fingerprint density at radius 2 is 1.92 bits per heavy atom. The van der Waals surface area contributed by atoms with Crippen LogP contribution >= 0.6 is 0 Å². The van der Waals surface area contributed by atoms with Crippen LogP contribution in [0.2, 0.25) is 0 Å². The summed E-state index contributed by atoms with van der Waals surface area (Å²) in [5.74, 6) is 2.32. The molecule has 4 rings (SSSR count). The molecule has 0 saturated heterocycles. The molecule has 3 heterocycles. The number of amides is 1. The van der Waals surface area contributed by atoms with Gasteiger partial charge >= 0.3 is 0 Å². The maximum Gasteiger partial charge on any atom is 0.259 e. The lowest BCUT2D eigenvalue weighted by atomic mass is 9.97. The molecule has 126 valence electrons. The summed E-state index contributed by atoms with van der Waals surface area (Å²) in [7, 11) is 0. The molecule has 6 nitrogen and oxygen atoms in total. The molecule has 0 atom stereocenters. The number of ether oxygens (including phenoxy) is 2. The zero-order chi connectivity index (χ0) is 16.8. The van der Waals surface area contributed by atoms with Crippen LogP contribution in [0, 0.1) is 6.92 Å². The molecule has 0 N–H and O–H groups in total. The second-order valence-electron chi connectivity index (χ2n) is 6.61. The molecular weight excluding hydrogens is 308 g/mol. The largest absolute Gasteiger partial charge is 0.454 e. The van der Waals surface area contributed by atoms with Crippen LogP contribution in [0.5, 0.6) is 11.5 Å². The van der Waals surface area contributed by atoms with Gasteiger partial charge < -0.3 is 18.9 Å². The van der Waals surface area contributed by atoms with Crippen molar-refractivity contribution in [2.24, 2.45) is 0 Å². The molecule has 1 amide bonds. The highest BCUT2D eigenvalue weighted by atomic mass is 16.7. The van der Waals surface area contributed by atoms with E-state index in [1.165, 1.54) is 5.56 Å². The topological polar surface area (TPSA) is 64.8 Å². The van der Waals surface area contributed by atoms with Crippen molar-refractivity contribution in [1.29, 1.82) is 0 Å². The average Bonchev–Trinajstić information content (AvgIpc) is 3.17. The van der Waals surface area contributed by atoms with Crippen LogP contribution in [-0.4, -0.2) is 29.3 Å². The molecule has 1 aromatic heterocycles. The third-order valence-corrected chi connectivity index (χ3v) is 4.62. The number of aromatic nitrogens is 1. The molecule has 1 aromatic carbocycles. The monoisotopic (exact) mass is 328 g/mol. The van der Waals surface area contributed by atoms with E-state index in [0.717, 1.165) is 23.5 Å². The van der Waals surface area contributed by atoms with Gasteiger partial charge in [0.15, 0.2) is 17.3 Å². The number of fused-ring (bicyclic) bond motifs is 2. The predicted molar refractivity (Wildman–Crippen MR) is 86.3 cm³/mol. The number of hydrogen-bond acceptors (Lipinski definition) is 5. The fraction of sp³-hybridized carbons (Fsp3) is 0.444. The fourth-order valence-electron chi connectivity index (χ4n) is 3.32. The molecule has 2 aliphatic rings. The summed E-state index contributed by atoms with van der Waals surface area (Å²) >= 11 is 0. The normalized spacial score (nSPS) is 15.8. The second-order valence-corrected chi connectivity index (χ2v) is 6.61. The minimum absolute atomic E-state index is 0.0132. The number of aryl methyl sites for hydroxylation is 1. The van der Waals surface area contributed by atoms with Crippen LogP contribution in [0.15, 0.2) is 16.7 Å². The van der Waals surface area contributed by atoms with Crippen LogP contribution in [0.25, 0.3) is 0 Å². The smallest absolute Gasteiger partial charge is 0.259 e. The Balaban J connectivity index is 1.63. The molecule has 0 bridgehead atoms. The van der Waals surface area contributed by atoms with E-state index in [2.05, 4.69) is 5.16 Å². The third-order valence-electron chi connectivity index (χ3n) is 4.62.